The molecule has 1 aromatic carbocycles. The van der Waals surface area contributed by atoms with Crippen molar-refractivity contribution in [1.82, 2.24) is 20.1 Å². The standard InChI is InChI=1S/C17H22N6O2.ClH/c18-10-15(24)19-11-16(25)20-13-7-5-12(6-8-13)17-22-21-14-4-2-1-3-9-23(14)17;/h5-8H,1-4,9-11,18H2,(H,19,24)(H,20,25);1H. The van der Waals surface area contributed by atoms with Crippen LogP contribution in [0.3, 0.4) is 0 Å². The van der Waals surface area contributed by atoms with Gasteiger partial charge in [0.2, 0.25) is 11.8 Å². The van der Waals surface area contributed by atoms with E-state index in [2.05, 4.69) is 25.4 Å². The van der Waals surface area contributed by atoms with Gasteiger partial charge in [-0.25, -0.2) is 0 Å². The van der Waals surface area contributed by atoms with Gasteiger partial charge in [-0.1, -0.05) is 6.42 Å². The van der Waals surface area contributed by atoms with Crippen molar-refractivity contribution >= 4 is 29.9 Å². The molecule has 140 valence electrons. The fourth-order valence-electron chi connectivity index (χ4n) is 2.86. The van der Waals surface area contributed by atoms with E-state index in [-0.39, 0.29) is 37.3 Å². The number of carbonyl (C=O) groups is 2. The van der Waals surface area contributed by atoms with Crippen LogP contribution < -0.4 is 16.4 Å². The smallest absolute Gasteiger partial charge is 0.243 e. The number of rotatable bonds is 5. The number of nitrogens with one attached hydrogen (secondary N) is 2. The molecule has 0 saturated heterocycles. The molecule has 1 aliphatic rings. The van der Waals surface area contributed by atoms with E-state index in [1.165, 1.54) is 6.42 Å². The second-order valence-corrected chi connectivity index (χ2v) is 6.01. The molecule has 8 nitrogen and oxygen atoms in total. The first kappa shape index (κ1) is 19.9. The highest BCUT2D eigenvalue weighted by atomic mass is 35.5. The maximum absolute atomic E-state index is 11.8. The largest absolute Gasteiger partial charge is 0.346 e. The van der Waals surface area contributed by atoms with E-state index >= 15 is 0 Å². The number of nitrogens with zero attached hydrogens (tertiary/aromatic N) is 3. The van der Waals surface area contributed by atoms with Gasteiger partial charge in [0.25, 0.3) is 0 Å². The quantitative estimate of drug-likeness (QED) is 0.720. The summed E-state index contributed by atoms with van der Waals surface area (Å²) in [4.78, 5) is 22.8. The molecule has 1 aromatic heterocycles. The number of fused-ring (bicyclic) bond motifs is 1. The maximum Gasteiger partial charge on any atom is 0.243 e. The molecule has 26 heavy (non-hydrogen) atoms. The summed E-state index contributed by atoms with van der Waals surface area (Å²) in [5.41, 5.74) is 6.80. The molecule has 0 radical (unpaired) electrons. The van der Waals surface area contributed by atoms with Crippen LogP contribution in [0.15, 0.2) is 24.3 Å². The van der Waals surface area contributed by atoms with Crippen molar-refractivity contribution in [3.05, 3.63) is 30.1 Å². The van der Waals surface area contributed by atoms with Gasteiger partial charge in [-0.2, -0.15) is 0 Å². The van der Waals surface area contributed by atoms with Crippen LogP contribution in [0.1, 0.15) is 25.1 Å². The number of halogens is 1. The Morgan fingerprint density at radius 3 is 2.58 bits per heavy atom. The average molecular weight is 379 g/mol. The van der Waals surface area contributed by atoms with Gasteiger partial charge in [0.1, 0.15) is 5.82 Å². The van der Waals surface area contributed by atoms with E-state index in [9.17, 15) is 9.59 Å². The van der Waals surface area contributed by atoms with E-state index in [1.54, 1.807) is 0 Å². The summed E-state index contributed by atoms with van der Waals surface area (Å²) < 4.78 is 2.18. The Labute approximate surface area is 158 Å². The van der Waals surface area contributed by atoms with E-state index in [0.717, 1.165) is 43.0 Å². The fraction of sp³-hybridized carbons (Fsp3) is 0.412. The van der Waals surface area contributed by atoms with Gasteiger partial charge < -0.3 is 20.9 Å². The molecule has 0 fully saturated rings. The molecular weight excluding hydrogens is 356 g/mol. The van der Waals surface area contributed by atoms with Crippen molar-refractivity contribution in [3.8, 4) is 11.4 Å². The fourth-order valence-corrected chi connectivity index (χ4v) is 2.86. The van der Waals surface area contributed by atoms with Gasteiger partial charge in [-0.3, -0.25) is 9.59 Å². The van der Waals surface area contributed by atoms with Crippen LogP contribution in [0.25, 0.3) is 11.4 Å². The van der Waals surface area contributed by atoms with Gasteiger partial charge in [0, 0.05) is 24.2 Å². The van der Waals surface area contributed by atoms with Crippen LogP contribution >= 0.6 is 12.4 Å². The minimum atomic E-state index is -0.363. The monoisotopic (exact) mass is 378 g/mol. The first-order chi connectivity index (χ1) is 12.2. The van der Waals surface area contributed by atoms with Crippen LogP contribution in [0, 0.1) is 0 Å². The Bertz CT molecular complexity index is 759. The summed E-state index contributed by atoms with van der Waals surface area (Å²) in [5, 5.41) is 13.8. The molecular formula is C17H23ClN6O2. The lowest BCUT2D eigenvalue weighted by Crippen LogP contribution is -2.36. The molecule has 2 amide bonds. The second-order valence-electron chi connectivity index (χ2n) is 6.01. The minimum absolute atomic E-state index is 0. The third kappa shape index (κ3) is 4.80. The number of hydrogen-bond acceptors (Lipinski definition) is 5. The average Bonchev–Trinajstić information content (AvgIpc) is 2.88. The van der Waals surface area contributed by atoms with Crippen LogP contribution in [0.4, 0.5) is 5.69 Å². The number of nitrogens with two attached hydrogens (primary N) is 1. The normalized spacial score (nSPS) is 13.1. The number of aromatic nitrogens is 3. The third-order valence-electron chi connectivity index (χ3n) is 4.17. The lowest BCUT2D eigenvalue weighted by molar-refractivity contribution is -0.123. The molecule has 2 heterocycles. The van der Waals surface area contributed by atoms with E-state index < -0.39 is 0 Å². The maximum atomic E-state index is 11.8. The molecule has 0 unspecified atom stereocenters. The molecule has 0 spiro atoms. The van der Waals surface area contributed by atoms with Crippen LogP contribution in [-0.2, 0) is 22.6 Å². The SMILES string of the molecule is Cl.NCC(=O)NCC(=O)Nc1ccc(-c2nnc3n2CCCCC3)cc1. The lowest BCUT2D eigenvalue weighted by atomic mass is 10.2. The number of amides is 2. The molecule has 3 rings (SSSR count). The van der Waals surface area contributed by atoms with E-state index in [4.69, 9.17) is 5.73 Å². The summed E-state index contributed by atoms with van der Waals surface area (Å²) >= 11 is 0. The summed E-state index contributed by atoms with van der Waals surface area (Å²) in [6.07, 6.45) is 4.48. The Balaban J connectivity index is 0.00000243. The molecule has 0 saturated carbocycles. The van der Waals surface area contributed by atoms with Crippen LogP contribution in [0.2, 0.25) is 0 Å². The third-order valence-corrected chi connectivity index (χ3v) is 4.17. The van der Waals surface area contributed by atoms with Crippen molar-refractivity contribution in [1.29, 1.82) is 0 Å². The lowest BCUT2D eigenvalue weighted by Gasteiger charge is -2.09. The first-order valence-electron chi connectivity index (χ1n) is 8.46. The predicted octanol–water partition coefficient (Wildman–Crippen LogP) is 1.11. The van der Waals surface area contributed by atoms with Crippen molar-refractivity contribution < 1.29 is 9.59 Å². The first-order valence-corrected chi connectivity index (χ1v) is 8.46. The molecule has 2 aromatic rings. The van der Waals surface area contributed by atoms with Gasteiger partial charge in [-0.05, 0) is 37.1 Å². The number of carbonyl (C=O) groups excluding carboxylic acids is 2. The Morgan fingerprint density at radius 1 is 1.08 bits per heavy atom. The molecule has 0 aliphatic carbocycles. The van der Waals surface area contributed by atoms with E-state index in [1.807, 2.05) is 24.3 Å². The Morgan fingerprint density at radius 2 is 1.85 bits per heavy atom. The highest BCUT2D eigenvalue weighted by Crippen LogP contribution is 2.23. The zero-order valence-corrected chi connectivity index (χ0v) is 15.2. The van der Waals surface area contributed by atoms with Gasteiger partial charge >= 0.3 is 0 Å². The molecule has 4 N–H and O–H groups in total. The summed E-state index contributed by atoms with van der Waals surface area (Å²) in [6.45, 7) is 0.705. The van der Waals surface area contributed by atoms with Gasteiger partial charge in [-0.15, -0.1) is 22.6 Å². The Hall–Kier alpha value is -2.45. The highest BCUT2D eigenvalue weighted by molar-refractivity contribution is 5.94. The molecule has 0 bridgehead atoms. The van der Waals surface area contributed by atoms with Gasteiger partial charge in [0.15, 0.2) is 5.82 Å². The number of hydrogen-bond donors (Lipinski definition) is 3. The second kappa shape index (κ2) is 9.30. The summed E-state index contributed by atoms with van der Waals surface area (Å²) in [7, 11) is 0. The molecule has 0 atom stereocenters. The summed E-state index contributed by atoms with van der Waals surface area (Å²) in [5.74, 6) is 1.24. The molecule has 9 heteroatoms. The number of benzene rings is 1. The number of anilines is 1. The number of aryl methyl sites for hydroxylation is 1. The molecule has 1 aliphatic heterocycles. The highest BCUT2D eigenvalue weighted by Gasteiger charge is 2.16. The van der Waals surface area contributed by atoms with Crippen molar-refractivity contribution in [2.24, 2.45) is 5.73 Å². The zero-order valence-electron chi connectivity index (χ0n) is 14.4. The van der Waals surface area contributed by atoms with Crippen molar-refractivity contribution in [3.63, 3.8) is 0 Å². The minimum Gasteiger partial charge on any atom is -0.346 e. The van der Waals surface area contributed by atoms with Crippen LogP contribution in [0.5, 0.6) is 0 Å². The van der Waals surface area contributed by atoms with Crippen LogP contribution in [-0.4, -0.2) is 39.7 Å². The predicted molar refractivity (Wildman–Crippen MR) is 101 cm³/mol. The summed E-state index contributed by atoms with van der Waals surface area (Å²) in [6, 6.07) is 7.46. The zero-order chi connectivity index (χ0) is 17.6. The van der Waals surface area contributed by atoms with Crippen molar-refractivity contribution in [2.75, 3.05) is 18.4 Å². The Kier molecular flexibility index (Phi) is 7.11. The topological polar surface area (TPSA) is 115 Å². The van der Waals surface area contributed by atoms with Crippen molar-refractivity contribution in [2.45, 2.75) is 32.2 Å². The van der Waals surface area contributed by atoms with Gasteiger partial charge in [0.05, 0.1) is 13.1 Å². The van der Waals surface area contributed by atoms with E-state index in [0.29, 0.717) is 5.69 Å².